The number of esters is 1. The van der Waals surface area contributed by atoms with E-state index in [4.69, 9.17) is 46.4 Å². The second kappa shape index (κ2) is 4.79. The van der Waals surface area contributed by atoms with E-state index < -0.39 is 9.76 Å². The normalized spacial score (nSPS) is 11.3. The summed E-state index contributed by atoms with van der Waals surface area (Å²) in [6.45, 7) is 0. The molecular formula is C9H6Cl4O2. The minimum absolute atomic E-state index is 0.206. The van der Waals surface area contributed by atoms with Crippen LogP contribution in [0, 0.1) is 0 Å². The Bertz CT molecular complexity index is 384. The van der Waals surface area contributed by atoms with Crippen molar-refractivity contribution in [2.24, 2.45) is 0 Å². The fourth-order valence-electron chi connectivity index (χ4n) is 0.990. The molecule has 0 radical (unpaired) electrons. The molecule has 0 aromatic heterocycles. The van der Waals surface area contributed by atoms with Crippen LogP contribution in [0.5, 0.6) is 0 Å². The van der Waals surface area contributed by atoms with E-state index in [1.54, 1.807) is 0 Å². The van der Waals surface area contributed by atoms with Gasteiger partial charge in [-0.3, -0.25) is 0 Å². The molecule has 0 aliphatic rings. The third-order valence-corrected chi connectivity index (χ3v) is 2.62. The number of ether oxygens (including phenoxy) is 1. The molecule has 0 heterocycles. The number of carbonyl (C=O) groups excluding carboxylic acids is 1. The molecule has 0 aliphatic carbocycles. The van der Waals surface area contributed by atoms with Gasteiger partial charge in [0.1, 0.15) is 0 Å². The van der Waals surface area contributed by atoms with Crippen molar-refractivity contribution in [3.05, 3.63) is 34.3 Å². The summed E-state index contributed by atoms with van der Waals surface area (Å²) in [6, 6.07) is 4.35. The van der Waals surface area contributed by atoms with E-state index in [9.17, 15) is 4.79 Å². The van der Waals surface area contributed by atoms with Gasteiger partial charge < -0.3 is 4.74 Å². The molecule has 2 nitrogen and oxygen atoms in total. The summed E-state index contributed by atoms with van der Waals surface area (Å²) in [5.74, 6) is -0.493. The third-order valence-electron chi connectivity index (χ3n) is 1.70. The van der Waals surface area contributed by atoms with Crippen LogP contribution >= 0.6 is 46.4 Å². The van der Waals surface area contributed by atoms with Crippen molar-refractivity contribution in [2.45, 2.75) is 3.79 Å². The number of alkyl halides is 3. The molecule has 1 aromatic rings. The summed E-state index contributed by atoms with van der Waals surface area (Å²) in [5.41, 5.74) is 0.627. The van der Waals surface area contributed by atoms with Crippen LogP contribution in [0.1, 0.15) is 15.9 Å². The van der Waals surface area contributed by atoms with Gasteiger partial charge in [0.15, 0.2) is 0 Å². The largest absolute Gasteiger partial charge is 0.465 e. The van der Waals surface area contributed by atoms with Gasteiger partial charge in [-0.15, -0.1) is 0 Å². The number of hydrogen-bond donors (Lipinski definition) is 0. The molecule has 0 amide bonds. The van der Waals surface area contributed by atoms with E-state index in [-0.39, 0.29) is 5.02 Å². The summed E-state index contributed by atoms with van der Waals surface area (Å²) < 4.78 is 2.91. The molecule has 0 fully saturated rings. The number of halogens is 4. The van der Waals surface area contributed by atoms with Crippen molar-refractivity contribution >= 4 is 52.4 Å². The van der Waals surface area contributed by atoms with E-state index in [0.29, 0.717) is 11.1 Å². The first-order chi connectivity index (χ1) is 6.86. The summed E-state index contributed by atoms with van der Waals surface area (Å²) >= 11 is 22.8. The molecule has 82 valence electrons. The van der Waals surface area contributed by atoms with Crippen LogP contribution in [0.25, 0.3) is 0 Å². The lowest BCUT2D eigenvalue weighted by atomic mass is 10.1. The Labute approximate surface area is 107 Å². The van der Waals surface area contributed by atoms with Gasteiger partial charge in [-0.05, 0) is 12.1 Å². The minimum atomic E-state index is -1.61. The average Bonchev–Trinajstić information content (AvgIpc) is 2.14. The summed E-state index contributed by atoms with van der Waals surface area (Å²) in [7, 11) is 1.28. The van der Waals surface area contributed by atoms with Crippen molar-refractivity contribution < 1.29 is 9.53 Å². The highest BCUT2D eigenvalue weighted by Crippen LogP contribution is 2.41. The van der Waals surface area contributed by atoms with Gasteiger partial charge >= 0.3 is 5.97 Å². The SMILES string of the molecule is COC(=O)c1ccc(C(Cl)(Cl)Cl)c(Cl)c1. The van der Waals surface area contributed by atoms with E-state index >= 15 is 0 Å². The molecule has 6 heteroatoms. The van der Waals surface area contributed by atoms with Crippen LogP contribution in [-0.2, 0) is 8.53 Å². The van der Waals surface area contributed by atoms with Crippen molar-refractivity contribution in [2.75, 3.05) is 7.11 Å². The second-order valence-electron chi connectivity index (χ2n) is 2.68. The van der Waals surface area contributed by atoms with Crippen molar-refractivity contribution in [3.8, 4) is 0 Å². The predicted molar refractivity (Wildman–Crippen MR) is 62.0 cm³/mol. The lowest BCUT2D eigenvalue weighted by Crippen LogP contribution is -2.05. The number of benzene rings is 1. The Morgan fingerprint density at radius 2 is 1.93 bits per heavy atom. The highest BCUT2D eigenvalue weighted by Gasteiger charge is 2.26. The molecule has 0 saturated heterocycles. The van der Waals surface area contributed by atoms with Gasteiger partial charge in [-0.2, -0.15) is 0 Å². The van der Waals surface area contributed by atoms with Gasteiger partial charge in [0.25, 0.3) is 0 Å². The molecule has 15 heavy (non-hydrogen) atoms. The first-order valence-electron chi connectivity index (χ1n) is 3.81. The molecule has 0 aliphatic heterocycles. The Morgan fingerprint density at radius 1 is 1.33 bits per heavy atom. The molecule has 0 atom stereocenters. The number of methoxy groups -OCH3 is 1. The summed E-state index contributed by atoms with van der Waals surface area (Å²) in [5, 5.41) is 0.206. The van der Waals surface area contributed by atoms with E-state index in [2.05, 4.69) is 4.74 Å². The maximum atomic E-state index is 11.1. The molecule has 0 spiro atoms. The van der Waals surface area contributed by atoms with Crippen LogP contribution in [0.2, 0.25) is 5.02 Å². The zero-order valence-corrected chi connectivity index (χ0v) is 10.6. The number of hydrogen-bond acceptors (Lipinski definition) is 2. The first-order valence-corrected chi connectivity index (χ1v) is 5.32. The lowest BCUT2D eigenvalue weighted by Gasteiger charge is -2.13. The zero-order valence-electron chi connectivity index (χ0n) is 7.56. The quantitative estimate of drug-likeness (QED) is 0.577. The average molecular weight is 288 g/mol. The number of carbonyl (C=O) groups is 1. The Balaban J connectivity index is 3.15. The van der Waals surface area contributed by atoms with Gasteiger partial charge in [0.2, 0.25) is 3.79 Å². The molecular weight excluding hydrogens is 282 g/mol. The van der Waals surface area contributed by atoms with Crippen molar-refractivity contribution in [1.29, 1.82) is 0 Å². The van der Waals surface area contributed by atoms with Gasteiger partial charge in [0, 0.05) is 10.6 Å². The number of rotatable bonds is 1. The summed E-state index contributed by atoms with van der Waals surface area (Å²) in [4.78, 5) is 11.1. The first kappa shape index (κ1) is 12.9. The van der Waals surface area contributed by atoms with E-state index in [0.717, 1.165) is 0 Å². The highest BCUT2D eigenvalue weighted by atomic mass is 35.6. The zero-order chi connectivity index (χ0) is 11.6. The fraction of sp³-hybridized carbons (Fsp3) is 0.222. The van der Waals surface area contributed by atoms with Crippen LogP contribution in [-0.4, -0.2) is 13.1 Å². The van der Waals surface area contributed by atoms with E-state index in [1.165, 1.54) is 25.3 Å². The van der Waals surface area contributed by atoms with Crippen molar-refractivity contribution in [1.82, 2.24) is 0 Å². The van der Waals surface area contributed by atoms with Crippen molar-refractivity contribution in [3.63, 3.8) is 0 Å². The van der Waals surface area contributed by atoms with Gasteiger partial charge in [-0.25, -0.2) is 4.79 Å². The Kier molecular flexibility index (Phi) is 4.13. The maximum Gasteiger partial charge on any atom is 0.337 e. The topological polar surface area (TPSA) is 26.3 Å². The highest BCUT2D eigenvalue weighted by molar-refractivity contribution is 6.67. The van der Waals surface area contributed by atoms with Crippen LogP contribution in [0.15, 0.2) is 18.2 Å². The molecule has 0 bridgehead atoms. The monoisotopic (exact) mass is 286 g/mol. The maximum absolute atomic E-state index is 11.1. The minimum Gasteiger partial charge on any atom is -0.465 e. The van der Waals surface area contributed by atoms with Crippen LogP contribution in [0.3, 0.4) is 0 Å². The smallest absolute Gasteiger partial charge is 0.337 e. The second-order valence-corrected chi connectivity index (χ2v) is 5.37. The van der Waals surface area contributed by atoms with Crippen LogP contribution in [0.4, 0.5) is 0 Å². The Morgan fingerprint density at radius 3 is 2.33 bits per heavy atom. The molecule has 1 aromatic carbocycles. The van der Waals surface area contributed by atoms with Gasteiger partial charge in [-0.1, -0.05) is 52.5 Å². The van der Waals surface area contributed by atoms with E-state index in [1.807, 2.05) is 0 Å². The molecule has 0 N–H and O–H groups in total. The predicted octanol–water partition coefficient (Wildman–Crippen LogP) is 3.95. The van der Waals surface area contributed by atoms with Crippen LogP contribution < -0.4 is 0 Å². The Hall–Kier alpha value is -0.150. The lowest BCUT2D eigenvalue weighted by molar-refractivity contribution is 0.0600. The molecule has 0 saturated carbocycles. The standard InChI is InChI=1S/C9H6Cl4O2/c1-15-8(14)5-2-3-6(7(10)4-5)9(11,12)13/h2-4H,1H3. The third kappa shape index (κ3) is 3.15. The van der Waals surface area contributed by atoms with Gasteiger partial charge in [0.05, 0.1) is 12.7 Å². The molecule has 1 rings (SSSR count). The molecule has 0 unspecified atom stereocenters. The fourth-order valence-corrected chi connectivity index (χ4v) is 1.95. The summed E-state index contributed by atoms with van der Waals surface area (Å²) in [6.07, 6.45) is 0.